The number of anilines is 1. The summed E-state index contributed by atoms with van der Waals surface area (Å²) < 4.78 is 4.92. The molecule has 0 spiro atoms. The van der Waals surface area contributed by atoms with E-state index in [1.807, 2.05) is 13.8 Å². The first-order valence-electron chi connectivity index (χ1n) is 6.53. The lowest BCUT2D eigenvalue weighted by Gasteiger charge is -2.23. The van der Waals surface area contributed by atoms with Crippen molar-refractivity contribution in [2.24, 2.45) is 0 Å². The average molecular weight is 282 g/mol. The summed E-state index contributed by atoms with van der Waals surface area (Å²) >= 11 is 0. The minimum atomic E-state index is -0.460. The van der Waals surface area contributed by atoms with Crippen molar-refractivity contribution in [1.82, 2.24) is 15.4 Å². The van der Waals surface area contributed by atoms with Gasteiger partial charge in [-0.2, -0.15) is 0 Å². The molecule has 2 N–H and O–H groups in total. The van der Waals surface area contributed by atoms with E-state index in [9.17, 15) is 9.59 Å². The van der Waals surface area contributed by atoms with Crippen LogP contribution in [0, 0.1) is 6.92 Å². The molecule has 1 aromatic rings. The first kappa shape index (κ1) is 16.2. The van der Waals surface area contributed by atoms with Gasteiger partial charge in [0, 0.05) is 12.1 Å². The number of hydrogen-bond acceptors (Lipinski definition) is 5. The zero-order chi connectivity index (χ0) is 15.3. The van der Waals surface area contributed by atoms with Crippen LogP contribution in [0.15, 0.2) is 10.6 Å². The maximum atomic E-state index is 12.0. The summed E-state index contributed by atoms with van der Waals surface area (Å²) in [6.07, 6.45) is 0. The van der Waals surface area contributed by atoms with E-state index in [2.05, 4.69) is 15.8 Å². The lowest BCUT2D eigenvalue weighted by molar-refractivity contribution is -0.125. The van der Waals surface area contributed by atoms with E-state index in [0.29, 0.717) is 11.6 Å². The highest BCUT2D eigenvalue weighted by Gasteiger charge is 2.21. The molecule has 1 aromatic heterocycles. The summed E-state index contributed by atoms with van der Waals surface area (Å²) in [5.74, 6) is -0.0574. The largest absolute Gasteiger partial charge is 0.353 e. The van der Waals surface area contributed by atoms with Crippen LogP contribution < -0.4 is 10.6 Å². The van der Waals surface area contributed by atoms with Crippen molar-refractivity contribution in [2.45, 2.75) is 39.8 Å². The Morgan fingerprint density at radius 2 is 2.05 bits per heavy atom. The smallest absolute Gasteiger partial charge is 0.243 e. The fourth-order valence-corrected chi connectivity index (χ4v) is 1.58. The molecule has 7 nitrogen and oxygen atoms in total. The quantitative estimate of drug-likeness (QED) is 0.804. The molecule has 0 aliphatic carbocycles. The van der Waals surface area contributed by atoms with E-state index >= 15 is 0 Å². The van der Waals surface area contributed by atoms with Gasteiger partial charge in [-0.1, -0.05) is 5.16 Å². The van der Waals surface area contributed by atoms with Gasteiger partial charge in [-0.3, -0.25) is 19.8 Å². The van der Waals surface area contributed by atoms with Gasteiger partial charge < -0.3 is 9.84 Å². The Bertz CT molecular complexity index is 470. The molecular formula is C13H22N4O3. The number of nitrogens with one attached hydrogen (secondary N) is 2. The molecule has 0 fully saturated rings. The van der Waals surface area contributed by atoms with E-state index in [-0.39, 0.29) is 24.4 Å². The number of hydrogen-bond donors (Lipinski definition) is 2. The van der Waals surface area contributed by atoms with Crippen LogP contribution in [0.4, 0.5) is 5.88 Å². The molecule has 1 atom stereocenters. The minimum absolute atomic E-state index is 0.0807. The Morgan fingerprint density at radius 1 is 1.40 bits per heavy atom. The van der Waals surface area contributed by atoms with E-state index in [4.69, 9.17) is 4.52 Å². The normalized spacial score (nSPS) is 12.6. The highest BCUT2D eigenvalue weighted by Crippen LogP contribution is 2.09. The van der Waals surface area contributed by atoms with E-state index < -0.39 is 6.04 Å². The van der Waals surface area contributed by atoms with Crippen LogP contribution in [0.2, 0.25) is 0 Å². The number of aryl methyl sites for hydroxylation is 1. The number of nitrogens with zero attached hydrogens (tertiary/aromatic N) is 2. The SMILES string of the molecule is Cc1cc(NC(=O)C(C)N(C)CC(=O)NC(C)C)on1. The molecule has 0 aliphatic heterocycles. The Morgan fingerprint density at radius 3 is 2.55 bits per heavy atom. The zero-order valence-electron chi connectivity index (χ0n) is 12.6. The van der Waals surface area contributed by atoms with Crippen molar-refractivity contribution < 1.29 is 14.1 Å². The van der Waals surface area contributed by atoms with Crippen LogP contribution in [0.25, 0.3) is 0 Å². The monoisotopic (exact) mass is 282 g/mol. The van der Waals surface area contributed by atoms with Crippen molar-refractivity contribution in [3.8, 4) is 0 Å². The van der Waals surface area contributed by atoms with Crippen LogP contribution in [0.5, 0.6) is 0 Å². The molecule has 0 saturated carbocycles. The van der Waals surface area contributed by atoms with Gasteiger partial charge in [-0.15, -0.1) is 0 Å². The highest BCUT2D eigenvalue weighted by molar-refractivity contribution is 5.93. The van der Waals surface area contributed by atoms with Gasteiger partial charge >= 0.3 is 0 Å². The maximum Gasteiger partial charge on any atom is 0.243 e. The lowest BCUT2D eigenvalue weighted by Crippen LogP contribution is -2.45. The molecule has 1 unspecified atom stereocenters. The fraction of sp³-hybridized carbons (Fsp3) is 0.615. The van der Waals surface area contributed by atoms with Crippen LogP contribution >= 0.6 is 0 Å². The third-order valence-electron chi connectivity index (χ3n) is 2.76. The number of carbonyl (C=O) groups is 2. The van der Waals surface area contributed by atoms with E-state index in [1.165, 1.54) is 0 Å². The van der Waals surface area contributed by atoms with Gasteiger partial charge in [0.05, 0.1) is 18.3 Å². The van der Waals surface area contributed by atoms with E-state index in [0.717, 1.165) is 0 Å². The third kappa shape index (κ3) is 5.00. The van der Waals surface area contributed by atoms with Crippen molar-refractivity contribution in [1.29, 1.82) is 0 Å². The first-order chi connectivity index (χ1) is 9.29. The average Bonchev–Trinajstić information content (AvgIpc) is 2.72. The zero-order valence-corrected chi connectivity index (χ0v) is 12.6. The maximum absolute atomic E-state index is 12.0. The van der Waals surface area contributed by atoms with E-state index in [1.54, 1.807) is 31.9 Å². The molecule has 2 amide bonds. The topological polar surface area (TPSA) is 87.5 Å². The summed E-state index contributed by atoms with van der Waals surface area (Å²) in [6, 6.07) is 1.26. The Labute approximate surface area is 118 Å². The summed E-state index contributed by atoms with van der Waals surface area (Å²) in [5.41, 5.74) is 0.692. The standard InChI is InChI=1S/C13H22N4O3/c1-8(2)14-11(18)7-17(5)10(4)13(19)15-12-6-9(3)16-20-12/h6,8,10H,7H2,1-5H3,(H,14,18)(H,15,19). The van der Waals surface area contributed by atoms with Crippen molar-refractivity contribution in [3.63, 3.8) is 0 Å². The Kier molecular flexibility index (Phi) is 5.69. The van der Waals surface area contributed by atoms with Crippen molar-refractivity contribution >= 4 is 17.7 Å². The van der Waals surface area contributed by atoms with Gasteiger partial charge in [0.25, 0.3) is 0 Å². The minimum Gasteiger partial charge on any atom is -0.353 e. The number of rotatable bonds is 6. The summed E-state index contributed by atoms with van der Waals surface area (Å²) in [7, 11) is 1.72. The Hall–Kier alpha value is -1.89. The number of likely N-dealkylation sites (N-methyl/N-ethyl adjacent to an activating group) is 1. The lowest BCUT2D eigenvalue weighted by atomic mass is 10.2. The second-order valence-electron chi connectivity index (χ2n) is 5.14. The predicted molar refractivity (Wildman–Crippen MR) is 75.2 cm³/mol. The highest BCUT2D eigenvalue weighted by atomic mass is 16.5. The van der Waals surface area contributed by atoms with Gasteiger partial charge in [0.15, 0.2) is 0 Å². The van der Waals surface area contributed by atoms with Crippen LogP contribution in [0.1, 0.15) is 26.5 Å². The third-order valence-corrected chi connectivity index (χ3v) is 2.76. The molecule has 1 heterocycles. The predicted octanol–water partition coefficient (Wildman–Crippen LogP) is 0.766. The van der Waals surface area contributed by atoms with Gasteiger partial charge in [-0.05, 0) is 34.7 Å². The van der Waals surface area contributed by atoms with Crippen molar-refractivity contribution in [3.05, 3.63) is 11.8 Å². The number of aromatic nitrogens is 1. The molecular weight excluding hydrogens is 260 g/mol. The van der Waals surface area contributed by atoms with Crippen molar-refractivity contribution in [2.75, 3.05) is 18.9 Å². The molecule has 1 rings (SSSR count). The van der Waals surface area contributed by atoms with Gasteiger partial charge in [0.1, 0.15) is 0 Å². The van der Waals surface area contributed by atoms with Gasteiger partial charge in [0.2, 0.25) is 17.7 Å². The fourth-order valence-electron chi connectivity index (χ4n) is 1.58. The molecule has 7 heteroatoms. The Balaban J connectivity index is 2.49. The summed E-state index contributed by atoms with van der Waals surface area (Å²) in [6.45, 7) is 7.43. The summed E-state index contributed by atoms with van der Waals surface area (Å²) in [5, 5.41) is 9.08. The molecule has 0 saturated heterocycles. The first-order valence-corrected chi connectivity index (χ1v) is 6.53. The molecule has 0 aliphatic rings. The number of amides is 2. The molecule has 112 valence electrons. The van der Waals surface area contributed by atoms with Crippen LogP contribution in [-0.2, 0) is 9.59 Å². The van der Waals surface area contributed by atoms with Crippen LogP contribution in [-0.4, -0.2) is 47.5 Å². The molecule has 0 bridgehead atoms. The number of carbonyl (C=O) groups excluding carboxylic acids is 2. The van der Waals surface area contributed by atoms with Gasteiger partial charge in [-0.25, -0.2) is 0 Å². The molecule has 0 radical (unpaired) electrons. The summed E-state index contributed by atoms with van der Waals surface area (Å²) in [4.78, 5) is 25.3. The van der Waals surface area contributed by atoms with Crippen LogP contribution in [0.3, 0.4) is 0 Å². The second-order valence-corrected chi connectivity index (χ2v) is 5.14. The molecule has 20 heavy (non-hydrogen) atoms. The molecule has 0 aromatic carbocycles. The second kappa shape index (κ2) is 7.04.